The summed E-state index contributed by atoms with van der Waals surface area (Å²) < 4.78 is 116. The Labute approximate surface area is 480 Å². The molecule has 1 aromatic heterocycles. The summed E-state index contributed by atoms with van der Waals surface area (Å²) in [5, 5.41) is 52.3. The molecule has 6 aromatic rings. The number of benzene rings is 5. The Morgan fingerprint density at radius 2 is 1.24 bits per heavy atom. The summed E-state index contributed by atoms with van der Waals surface area (Å²) in [6, 6.07) is 13.7. The fourth-order valence-corrected chi connectivity index (χ4v) is 8.05. The summed E-state index contributed by atoms with van der Waals surface area (Å²) in [6.45, 7) is 0. The number of rotatable bonds is 15. The van der Waals surface area contributed by atoms with E-state index in [9.17, 15) is 54.5 Å². The number of halogens is 1. The maximum Gasteiger partial charge on any atom is 1.00 e. The van der Waals surface area contributed by atoms with Crippen molar-refractivity contribution in [2.45, 2.75) is 24.5 Å². The maximum atomic E-state index is 12.2. The molecule has 0 saturated carbocycles. The fraction of sp³-hybridized carbons (Fsp3) is 0. The number of hydrogen-bond acceptors (Lipinski definition) is 25. The summed E-state index contributed by atoms with van der Waals surface area (Å²) >= 11 is 6.52. The van der Waals surface area contributed by atoms with Gasteiger partial charge < -0.3 is 39.9 Å². The molecule has 0 radical (unpaired) electrons. The Hall–Kier alpha value is 0.110. The third kappa shape index (κ3) is 15.8. The van der Waals surface area contributed by atoms with Crippen LogP contribution in [0.4, 0.5) is 34.6 Å². The zero-order valence-electron chi connectivity index (χ0n) is 32.7. The van der Waals surface area contributed by atoms with Crippen molar-refractivity contribution in [3.05, 3.63) is 78.1 Å². The average Bonchev–Trinajstić information content (AvgIpc) is 3.14. The Bertz CT molecular complexity index is 2990. The predicted molar refractivity (Wildman–Crippen MR) is 192 cm³/mol. The van der Waals surface area contributed by atoms with Gasteiger partial charge in [0.1, 0.15) is 36.0 Å². The largest absolute Gasteiger partial charge is 1.00 e. The normalized spacial score (nSPS) is 11.5. The van der Waals surface area contributed by atoms with Gasteiger partial charge >= 0.3 is 148 Å². The van der Waals surface area contributed by atoms with Crippen molar-refractivity contribution in [1.82, 2.24) is 15.0 Å². The van der Waals surface area contributed by atoms with Crippen molar-refractivity contribution in [2.75, 3.05) is 10.6 Å². The zero-order valence-corrected chi connectivity index (χ0v) is 47.5. The predicted octanol–water partition coefficient (Wildman–Crippen LogP) is -11.4. The second-order valence-corrected chi connectivity index (χ2v) is 16.9. The van der Waals surface area contributed by atoms with Gasteiger partial charge in [0.2, 0.25) is 17.2 Å². The van der Waals surface area contributed by atoms with E-state index < -0.39 is 73.7 Å². The third-order valence-electron chi connectivity index (χ3n) is 7.42. The average molecular weight is 1030 g/mol. The number of fused-ring (bicyclic) bond motifs is 2. The van der Waals surface area contributed by atoms with E-state index in [1.165, 1.54) is 24.3 Å². The topological polar surface area (TPSA) is 362 Å². The molecule has 5 aromatic carbocycles. The standard InChI is InChI=1S/C29H20ClN7O16S5.5Na/c30-27-33-28(31-19-7-6-16(56(41,42)43)12-21(19)54-52-50-39)35-29(34-27)32-20-11-17(57(44,45)46)8-14-9-22(55-53-51-40)25(26(38)24(14)20)37-36-15-5-4-13-2-1-3-23(18(13)10-15)58(47,48)49;;;;;/h1-12,38-40H,(H,41,42,43)(H,44,45,46)(H,47,48,49)(H2,31,32,33,34,35);;;;;/q;5*+1/p-5. The van der Waals surface area contributed by atoms with Crippen LogP contribution in [-0.4, -0.2) is 59.0 Å². The Kier molecular flexibility index (Phi) is 25.4. The Morgan fingerprint density at radius 1 is 0.635 bits per heavy atom. The smallest absolute Gasteiger partial charge is 0.744 e. The Balaban J connectivity index is 0.00000397. The molecule has 0 aliphatic carbocycles. The number of aromatic nitrogens is 3. The molecular weight excluding hydrogens is 1010 g/mol. The van der Waals surface area contributed by atoms with Crippen LogP contribution in [0.2, 0.25) is 5.28 Å². The van der Waals surface area contributed by atoms with E-state index in [1.54, 1.807) is 6.07 Å². The first-order valence-electron chi connectivity index (χ1n) is 14.9. The van der Waals surface area contributed by atoms with Gasteiger partial charge in [0.05, 0.1) is 65.6 Å². The first kappa shape index (κ1) is 61.1. The molecule has 0 aliphatic heterocycles. The monoisotopic (exact) mass is 1030 g/mol. The molecule has 0 amide bonds. The van der Waals surface area contributed by atoms with Crippen molar-refractivity contribution in [3.63, 3.8) is 0 Å². The molecule has 0 aliphatic rings. The van der Waals surface area contributed by atoms with Gasteiger partial charge in [-0.15, -0.1) is 5.11 Å². The van der Waals surface area contributed by atoms with Crippen LogP contribution < -0.4 is 169 Å². The second-order valence-electron chi connectivity index (χ2n) is 11.0. The van der Waals surface area contributed by atoms with Gasteiger partial charge in [0.25, 0.3) is 0 Å². The van der Waals surface area contributed by atoms with Crippen LogP contribution in [0.15, 0.2) is 108 Å². The van der Waals surface area contributed by atoms with E-state index in [-0.39, 0.29) is 215 Å². The van der Waals surface area contributed by atoms with E-state index in [1.807, 2.05) is 0 Å². The van der Waals surface area contributed by atoms with E-state index in [0.717, 1.165) is 42.5 Å². The molecule has 6 rings (SSSR count). The molecule has 0 fully saturated rings. The number of nitrogens with zero attached hydrogens (tertiary/aromatic N) is 5. The summed E-state index contributed by atoms with van der Waals surface area (Å²) in [5.41, 5.74) is -0.908. The van der Waals surface area contributed by atoms with E-state index >= 15 is 0 Å². The van der Waals surface area contributed by atoms with E-state index in [0.29, 0.717) is 5.39 Å². The number of phenols is 1. The van der Waals surface area contributed by atoms with Crippen molar-refractivity contribution in [1.29, 1.82) is 0 Å². The maximum absolute atomic E-state index is 12.2. The Morgan fingerprint density at radius 3 is 1.83 bits per heavy atom. The minimum Gasteiger partial charge on any atom is -0.744 e. The molecule has 0 spiro atoms. The van der Waals surface area contributed by atoms with Crippen LogP contribution >= 0.6 is 35.7 Å². The summed E-state index contributed by atoms with van der Waals surface area (Å²) in [7, 11) is -15.1. The number of aromatic hydroxyl groups is 1. The quantitative estimate of drug-likeness (QED) is 0.0215. The minimum absolute atomic E-state index is 0. The molecule has 34 heteroatoms. The van der Waals surface area contributed by atoms with E-state index in [4.69, 9.17) is 11.6 Å². The van der Waals surface area contributed by atoms with Gasteiger partial charge in [-0.25, -0.2) is 25.3 Å². The molecule has 0 saturated heterocycles. The summed E-state index contributed by atoms with van der Waals surface area (Å²) in [6.07, 6.45) is 0. The number of nitrogens with one attached hydrogen (secondary N) is 2. The fourth-order valence-electron chi connectivity index (χ4n) is 5.12. The van der Waals surface area contributed by atoms with Crippen molar-refractivity contribution in [2.24, 2.45) is 10.2 Å². The van der Waals surface area contributed by atoms with Gasteiger partial charge in [0.15, 0.2) is 5.75 Å². The number of anilines is 4. The molecule has 0 atom stereocenters. The van der Waals surface area contributed by atoms with Gasteiger partial charge in [-0.3, -0.25) is 10.1 Å². The second kappa shape index (κ2) is 26.2. The number of azo groups is 1. The number of phenolic OH excluding ortho intramolecular Hbond substituents is 1. The van der Waals surface area contributed by atoms with Crippen molar-refractivity contribution >= 4 is 122 Å². The number of hydrogen-bond donors (Lipinski definition) is 3. The van der Waals surface area contributed by atoms with Crippen molar-refractivity contribution in [3.8, 4) is 5.75 Å². The summed E-state index contributed by atoms with van der Waals surface area (Å²) in [4.78, 5) is 9.39. The van der Waals surface area contributed by atoms with Gasteiger partial charge in [-0.2, -0.15) is 28.7 Å². The van der Waals surface area contributed by atoms with Crippen LogP contribution in [0.3, 0.4) is 0 Å². The van der Waals surface area contributed by atoms with Crippen LogP contribution in [0, 0.1) is 0 Å². The summed E-state index contributed by atoms with van der Waals surface area (Å²) in [5.74, 6) is -1.65. The third-order valence-corrected chi connectivity index (χ3v) is 11.4. The first-order chi connectivity index (χ1) is 27.3. The van der Waals surface area contributed by atoms with Gasteiger partial charge in [-0.05, 0) is 77.0 Å². The molecule has 304 valence electrons. The molecule has 3 N–H and O–H groups in total. The first-order valence-corrected chi connectivity index (χ1v) is 21.0. The molecule has 23 nitrogen and oxygen atoms in total. The van der Waals surface area contributed by atoms with E-state index in [2.05, 4.69) is 54.6 Å². The zero-order chi connectivity index (χ0) is 42.0. The molecular formula is C29H15ClN7Na5O16S5. The molecule has 0 unspecified atom stereocenters. The van der Waals surface area contributed by atoms with Crippen LogP contribution in [-0.2, 0) is 49.1 Å². The van der Waals surface area contributed by atoms with Crippen LogP contribution in [0.5, 0.6) is 5.75 Å². The molecule has 63 heavy (non-hydrogen) atoms. The van der Waals surface area contributed by atoms with Crippen LogP contribution in [0.1, 0.15) is 0 Å². The minimum atomic E-state index is -5.22. The SMILES string of the molecule is O=S(=O)([O-])c1ccc(Nc2nc(Cl)nc(Nc3cc(S(=O)(=O)[O-])cc4cc(SOO[O-])c(N=Nc5ccc6cccc(S(=O)(=O)[O-])c6c5)c(O)c34)n2)c(SOO[O-])c1.[Na+].[Na+].[Na+].[Na+].[Na+]. The molecule has 0 bridgehead atoms. The van der Waals surface area contributed by atoms with Gasteiger partial charge in [-0.1, -0.05) is 18.2 Å². The van der Waals surface area contributed by atoms with Crippen LogP contribution in [0.25, 0.3) is 21.5 Å². The molecule has 1 heterocycles. The van der Waals surface area contributed by atoms with Crippen molar-refractivity contribution < 1.29 is 221 Å². The van der Waals surface area contributed by atoms with Gasteiger partial charge in [0, 0.05) is 10.8 Å².